The first-order valence-corrected chi connectivity index (χ1v) is 4.63. The molecule has 1 aromatic carbocycles. The molecule has 0 unspecified atom stereocenters. The lowest BCUT2D eigenvalue weighted by Gasteiger charge is -2.13. The summed E-state index contributed by atoms with van der Waals surface area (Å²) in [6.45, 7) is 0.577. The van der Waals surface area contributed by atoms with E-state index in [2.05, 4.69) is 0 Å². The van der Waals surface area contributed by atoms with Crippen molar-refractivity contribution in [2.45, 2.75) is 18.9 Å². The normalized spacial score (nSPS) is 11.9. The van der Waals surface area contributed by atoms with Gasteiger partial charge in [-0.05, 0) is 25.5 Å². The zero-order chi connectivity index (χ0) is 10.6. The van der Waals surface area contributed by atoms with Crippen LogP contribution in [0.4, 0.5) is 0 Å². The lowest BCUT2D eigenvalue weighted by Crippen LogP contribution is -2.12. The van der Waals surface area contributed by atoms with Crippen LogP contribution in [0, 0.1) is 0 Å². The van der Waals surface area contributed by atoms with Crippen molar-refractivity contribution in [2.24, 2.45) is 11.5 Å². The first kappa shape index (κ1) is 14.0. The summed E-state index contributed by atoms with van der Waals surface area (Å²) in [5.74, 6) is -0.261. The van der Waals surface area contributed by atoms with Crippen molar-refractivity contribution in [1.29, 1.82) is 0 Å². The molecule has 0 saturated heterocycles. The van der Waals surface area contributed by atoms with Gasteiger partial charge in [0, 0.05) is 11.6 Å². The fourth-order valence-electron chi connectivity index (χ4n) is 1.34. The zero-order valence-electron chi connectivity index (χ0n) is 8.39. The van der Waals surface area contributed by atoms with E-state index in [1.54, 1.807) is 12.1 Å². The van der Waals surface area contributed by atoms with Gasteiger partial charge >= 0.3 is 0 Å². The molecule has 0 aliphatic heterocycles. The number of rotatable bonds is 4. The maximum atomic E-state index is 9.51. The SMILES string of the molecule is Cl.NCCC[C@@H](N)c1cccc(O)c1O. The molecule has 0 heterocycles. The van der Waals surface area contributed by atoms with Crippen molar-refractivity contribution in [2.75, 3.05) is 6.54 Å². The predicted molar refractivity (Wildman–Crippen MR) is 62.2 cm³/mol. The minimum absolute atomic E-state index is 0. The van der Waals surface area contributed by atoms with E-state index in [4.69, 9.17) is 11.5 Å². The molecule has 0 saturated carbocycles. The number of phenols is 2. The van der Waals surface area contributed by atoms with Gasteiger partial charge in [0.2, 0.25) is 0 Å². The van der Waals surface area contributed by atoms with Gasteiger partial charge in [-0.1, -0.05) is 12.1 Å². The second-order valence-corrected chi connectivity index (χ2v) is 3.25. The molecule has 0 fully saturated rings. The molecule has 6 N–H and O–H groups in total. The first-order chi connectivity index (χ1) is 6.66. The summed E-state index contributed by atoms with van der Waals surface area (Å²) in [7, 11) is 0. The molecule has 0 aliphatic carbocycles. The second-order valence-electron chi connectivity index (χ2n) is 3.25. The summed E-state index contributed by atoms with van der Waals surface area (Å²) >= 11 is 0. The van der Waals surface area contributed by atoms with Crippen LogP contribution in [-0.4, -0.2) is 16.8 Å². The Morgan fingerprint density at radius 3 is 2.53 bits per heavy atom. The molecule has 0 amide bonds. The summed E-state index contributed by atoms with van der Waals surface area (Å²) in [5, 5.41) is 18.8. The van der Waals surface area contributed by atoms with Crippen LogP contribution < -0.4 is 11.5 Å². The number of nitrogens with two attached hydrogens (primary N) is 2. The molecule has 4 nitrogen and oxygen atoms in total. The van der Waals surface area contributed by atoms with Crippen molar-refractivity contribution in [3.63, 3.8) is 0 Å². The quantitative estimate of drug-likeness (QED) is 0.588. The van der Waals surface area contributed by atoms with Crippen molar-refractivity contribution in [3.8, 4) is 11.5 Å². The third-order valence-corrected chi connectivity index (χ3v) is 2.16. The number of halogens is 1. The maximum Gasteiger partial charge on any atom is 0.162 e. The number of hydrogen-bond donors (Lipinski definition) is 4. The predicted octanol–water partition coefficient (Wildman–Crippen LogP) is 1.26. The highest BCUT2D eigenvalue weighted by molar-refractivity contribution is 5.85. The highest BCUT2D eigenvalue weighted by Crippen LogP contribution is 2.32. The Kier molecular flexibility index (Phi) is 6.08. The number of phenolic OH excluding ortho intramolecular Hbond substituents is 2. The Labute approximate surface area is 95.3 Å². The molecule has 0 aliphatic rings. The van der Waals surface area contributed by atoms with Gasteiger partial charge < -0.3 is 21.7 Å². The number of benzene rings is 1. The van der Waals surface area contributed by atoms with E-state index in [0.29, 0.717) is 18.5 Å². The average Bonchev–Trinajstić information content (AvgIpc) is 2.18. The summed E-state index contributed by atoms with van der Waals surface area (Å²) in [6, 6.07) is 4.52. The Bertz CT molecular complexity index is 307. The number of para-hydroxylation sites is 1. The fourth-order valence-corrected chi connectivity index (χ4v) is 1.34. The molecule has 86 valence electrons. The molecule has 0 bridgehead atoms. The Morgan fingerprint density at radius 2 is 1.93 bits per heavy atom. The second kappa shape index (κ2) is 6.50. The molecule has 0 radical (unpaired) electrons. The highest BCUT2D eigenvalue weighted by Gasteiger charge is 2.12. The fraction of sp³-hybridized carbons (Fsp3) is 0.400. The van der Waals surface area contributed by atoms with Gasteiger partial charge in [0.05, 0.1) is 0 Å². The van der Waals surface area contributed by atoms with Crippen LogP contribution in [0.5, 0.6) is 11.5 Å². The molecule has 5 heteroatoms. The standard InChI is InChI=1S/C10H16N2O2.ClH/c11-6-2-4-8(12)7-3-1-5-9(13)10(7)14;/h1,3,5,8,13-14H,2,4,6,11-12H2;1H/t8-;/m1./s1. The molecular formula is C10H17ClN2O2. The summed E-state index contributed by atoms with van der Waals surface area (Å²) in [6.07, 6.45) is 1.50. The zero-order valence-corrected chi connectivity index (χ0v) is 9.20. The molecular weight excluding hydrogens is 216 g/mol. The minimum atomic E-state index is -0.273. The van der Waals surface area contributed by atoms with Gasteiger partial charge in [0.1, 0.15) is 0 Å². The van der Waals surface area contributed by atoms with Gasteiger partial charge in [-0.15, -0.1) is 12.4 Å². The van der Waals surface area contributed by atoms with E-state index >= 15 is 0 Å². The van der Waals surface area contributed by atoms with E-state index in [1.807, 2.05) is 0 Å². The van der Waals surface area contributed by atoms with Crippen molar-refractivity contribution in [3.05, 3.63) is 23.8 Å². The smallest absolute Gasteiger partial charge is 0.162 e. The Balaban J connectivity index is 0.00000196. The van der Waals surface area contributed by atoms with Gasteiger partial charge in [-0.3, -0.25) is 0 Å². The van der Waals surface area contributed by atoms with Crippen LogP contribution in [0.3, 0.4) is 0 Å². The number of aromatic hydroxyl groups is 2. The van der Waals surface area contributed by atoms with Crippen LogP contribution in [-0.2, 0) is 0 Å². The van der Waals surface area contributed by atoms with E-state index in [9.17, 15) is 10.2 Å². The third kappa shape index (κ3) is 3.58. The van der Waals surface area contributed by atoms with Crippen molar-refractivity contribution < 1.29 is 10.2 Å². The van der Waals surface area contributed by atoms with Gasteiger partial charge in [-0.25, -0.2) is 0 Å². The van der Waals surface area contributed by atoms with E-state index in [1.165, 1.54) is 6.07 Å². The maximum absolute atomic E-state index is 9.51. The highest BCUT2D eigenvalue weighted by atomic mass is 35.5. The van der Waals surface area contributed by atoms with E-state index in [-0.39, 0.29) is 29.9 Å². The van der Waals surface area contributed by atoms with Gasteiger partial charge in [0.25, 0.3) is 0 Å². The molecule has 1 aromatic rings. The summed E-state index contributed by atoms with van der Waals surface area (Å²) in [4.78, 5) is 0. The van der Waals surface area contributed by atoms with Gasteiger partial charge in [-0.2, -0.15) is 0 Å². The lowest BCUT2D eigenvalue weighted by atomic mass is 10.0. The molecule has 0 aromatic heterocycles. The number of hydrogen-bond acceptors (Lipinski definition) is 4. The Morgan fingerprint density at radius 1 is 1.27 bits per heavy atom. The van der Waals surface area contributed by atoms with Gasteiger partial charge in [0.15, 0.2) is 11.5 Å². The van der Waals surface area contributed by atoms with Crippen molar-refractivity contribution >= 4 is 12.4 Å². The molecule has 1 atom stereocenters. The summed E-state index contributed by atoms with van der Waals surface area (Å²) in [5.41, 5.74) is 11.7. The average molecular weight is 233 g/mol. The molecule has 15 heavy (non-hydrogen) atoms. The molecule has 0 spiro atoms. The first-order valence-electron chi connectivity index (χ1n) is 4.63. The van der Waals surface area contributed by atoms with Crippen LogP contribution in [0.1, 0.15) is 24.4 Å². The topological polar surface area (TPSA) is 92.5 Å². The lowest BCUT2D eigenvalue weighted by molar-refractivity contribution is 0.394. The van der Waals surface area contributed by atoms with E-state index in [0.717, 1.165) is 6.42 Å². The largest absolute Gasteiger partial charge is 0.504 e. The monoisotopic (exact) mass is 232 g/mol. The van der Waals surface area contributed by atoms with Crippen LogP contribution in [0.25, 0.3) is 0 Å². The van der Waals surface area contributed by atoms with Crippen LogP contribution in [0.15, 0.2) is 18.2 Å². The Hall–Kier alpha value is -0.970. The van der Waals surface area contributed by atoms with Crippen LogP contribution in [0.2, 0.25) is 0 Å². The van der Waals surface area contributed by atoms with E-state index < -0.39 is 0 Å². The summed E-state index contributed by atoms with van der Waals surface area (Å²) < 4.78 is 0. The van der Waals surface area contributed by atoms with Crippen LogP contribution >= 0.6 is 12.4 Å². The third-order valence-electron chi connectivity index (χ3n) is 2.16. The minimum Gasteiger partial charge on any atom is -0.504 e. The molecule has 1 rings (SSSR count). The van der Waals surface area contributed by atoms with Crippen molar-refractivity contribution in [1.82, 2.24) is 0 Å².